The van der Waals surface area contributed by atoms with E-state index in [9.17, 15) is 14.0 Å². The third-order valence-corrected chi connectivity index (χ3v) is 4.68. The van der Waals surface area contributed by atoms with Gasteiger partial charge < -0.3 is 5.32 Å². The molecule has 4 rings (SSSR count). The highest BCUT2D eigenvalue weighted by Crippen LogP contribution is 2.16. The number of nitrogens with zero attached hydrogens (tertiary/aromatic N) is 3. The Hall–Kier alpha value is -3.74. The SMILES string of the molecule is CCc1cccc(-n2c(=O)c3cccnc3n2CC(=O)Nc2ccc(F)cc2)c1. The number of hydrogen-bond donors (Lipinski definition) is 1. The summed E-state index contributed by atoms with van der Waals surface area (Å²) in [4.78, 5) is 30.0. The molecule has 0 bridgehead atoms. The van der Waals surface area contributed by atoms with Crippen molar-refractivity contribution < 1.29 is 9.18 Å². The van der Waals surface area contributed by atoms with Gasteiger partial charge in [0.05, 0.1) is 11.1 Å². The summed E-state index contributed by atoms with van der Waals surface area (Å²) in [6.07, 6.45) is 2.41. The minimum atomic E-state index is -0.381. The minimum Gasteiger partial charge on any atom is -0.324 e. The van der Waals surface area contributed by atoms with Gasteiger partial charge in [0, 0.05) is 11.9 Å². The fraction of sp³-hybridized carbons (Fsp3) is 0.136. The molecule has 4 aromatic rings. The Morgan fingerprint density at radius 1 is 1.10 bits per heavy atom. The molecule has 6 nitrogen and oxygen atoms in total. The highest BCUT2D eigenvalue weighted by Gasteiger charge is 2.18. The normalized spacial score (nSPS) is 11.0. The summed E-state index contributed by atoms with van der Waals surface area (Å²) in [5.41, 5.74) is 2.41. The zero-order valence-corrected chi connectivity index (χ0v) is 15.8. The van der Waals surface area contributed by atoms with Crippen LogP contribution < -0.4 is 10.9 Å². The third kappa shape index (κ3) is 3.67. The highest BCUT2D eigenvalue weighted by atomic mass is 19.1. The van der Waals surface area contributed by atoms with Crippen molar-refractivity contribution in [2.45, 2.75) is 19.9 Å². The predicted molar refractivity (Wildman–Crippen MR) is 110 cm³/mol. The Labute approximate surface area is 166 Å². The molecule has 1 amide bonds. The van der Waals surface area contributed by atoms with Crippen LogP contribution in [0.5, 0.6) is 0 Å². The number of halogens is 1. The smallest absolute Gasteiger partial charge is 0.280 e. The summed E-state index contributed by atoms with van der Waals surface area (Å²) in [6, 6.07) is 16.5. The number of aromatic nitrogens is 3. The fourth-order valence-electron chi connectivity index (χ4n) is 3.27. The zero-order valence-electron chi connectivity index (χ0n) is 15.8. The van der Waals surface area contributed by atoms with E-state index in [-0.39, 0.29) is 23.8 Å². The second kappa shape index (κ2) is 7.71. The van der Waals surface area contributed by atoms with Crippen LogP contribution in [0.25, 0.3) is 16.7 Å². The summed E-state index contributed by atoms with van der Waals surface area (Å²) in [5.74, 6) is -0.729. The molecule has 146 valence electrons. The molecule has 0 saturated carbocycles. The van der Waals surface area contributed by atoms with Gasteiger partial charge in [0.15, 0.2) is 5.65 Å². The number of hydrogen-bond acceptors (Lipinski definition) is 3. The van der Waals surface area contributed by atoms with E-state index < -0.39 is 0 Å². The average molecular weight is 390 g/mol. The van der Waals surface area contributed by atoms with Crippen molar-refractivity contribution in [3.05, 3.63) is 88.6 Å². The van der Waals surface area contributed by atoms with Crippen LogP contribution >= 0.6 is 0 Å². The molecule has 0 aliphatic carbocycles. The van der Waals surface area contributed by atoms with Gasteiger partial charge in [-0.05, 0) is 60.5 Å². The lowest BCUT2D eigenvalue weighted by molar-refractivity contribution is -0.116. The molecule has 0 fully saturated rings. The molecular weight excluding hydrogens is 371 g/mol. The van der Waals surface area contributed by atoms with E-state index in [1.54, 1.807) is 23.0 Å². The molecule has 2 aromatic heterocycles. The quantitative estimate of drug-likeness (QED) is 0.567. The first-order valence-corrected chi connectivity index (χ1v) is 9.28. The van der Waals surface area contributed by atoms with Gasteiger partial charge in [0.25, 0.3) is 5.56 Å². The Kier molecular flexibility index (Phi) is 4.95. The van der Waals surface area contributed by atoms with E-state index in [1.165, 1.54) is 28.9 Å². The van der Waals surface area contributed by atoms with E-state index in [1.807, 2.05) is 31.2 Å². The monoisotopic (exact) mass is 390 g/mol. The number of aryl methyl sites for hydroxylation is 1. The highest BCUT2D eigenvalue weighted by molar-refractivity contribution is 5.91. The first-order valence-electron chi connectivity index (χ1n) is 9.28. The van der Waals surface area contributed by atoms with Crippen LogP contribution in [0.1, 0.15) is 12.5 Å². The van der Waals surface area contributed by atoms with E-state index in [0.717, 1.165) is 12.0 Å². The lowest BCUT2D eigenvalue weighted by Crippen LogP contribution is -2.27. The molecule has 0 unspecified atom stereocenters. The first kappa shape index (κ1) is 18.6. The van der Waals surface area contributed by atoms with Crippen LogP contribution in [0.3, 0.4) is 0 Å². The maximum Gasteiger partial charge on any atom is 0.280 e. The molecule has 0 spiro atoms. The number of rotatable bonds is 5. The maximum atomic E-state index is 13.1. The number of amides is 1. The Morgan fingerprint density at radius 3 is 2.66 bits per heavy atom. The van der Waals surface area contributed by atoms with Gasteiger partial charge in [-0.15, -0.1) is 0 Å². The molecule has 1 N–H and O–H groups in total. The first-order chi connectivity index (χ1) is 14.1. The van der Waals surface area contributed by atoms with E-state index >= 15 is 0 Å². The Morgan fingerprint density at radius 2 is 1.90 bits per heavy atom. The Bertz CT molecular complexity index is 1240. The number of anilines is 1. The second-order valence-corrected chi connectivity index (χ2v) is 6.63. The van der Waals surface area contributed by atoms with Gasteiger partial charge in [-0.2, -0.15) is 0 Å². The summed E-state index contributed by atoms with van der Waals surface area (Å²) in [6.45, 7) is 1.92. The van der Waals surface area contributed by atoms with Gasteiger partial charge in [-0.25, -0.2) is 14.1 Å². The second-order valence-electron chi connectivity index (χ2n) is 6.63. The van der Waals surface area contributed by atoms with Gasteiger partial charge in [-0.3, -0.25) is 14.3 Å². The molecule has 0 aliphatic heterocycles. The number of carbonyl (C=O) groups excluding carboxylic acids is 1. The minimum absolute atomic E-state index is 0.122. The zero-order chi connectivity index (χ0) is 20.4. The summed E-state index contributed by atoms with van der Waals surface area (Å²) in [7, 11) is 0. The van der Waals surface area contributed by atoms with E-state index in [4.69, 9.17) is 0 Å². The standard InChI is InChI=1S/C22H19FN4O2/c1-2-15-5-3-6-18(13-15)27-22(29)19-7-4-12-24-21(19)26(27)14-20(28)25-17-10-8-16(23)9-11-17/h3-13H,2,14H2,1H3,(H,25,28). The number of pyridine rings is 1. The van der Waals surface area contributed by atoms with Crippen LogP contribution in [0, 0.1) is 5.82 Å². The van der Waals surface area contributed by atoms with Crippen molar-refractivity contribution >= 4 is 22.6 Å². The van der Waals surface area contributed by atoms with Gasteiger partial charge in [-0.1, -0.05) is 19.1 Å². The molecule has 7 heteroatoms. The van der Waals surface area contributed by atoms with Crippen molar-refractivity contribution in [2.75, 3.05) is 5.32 Å². The third-order valence-electron chi connectivity index (χ3n) is 4.68. The summed E-state index contributed by atoms with van der Waals surface area (Å²) in [5, 5.41) is 3.16. The van der Waals surface area contributed by atoms with Gasteiger partial charge >= 0.3 is 0 Å². The van der Waals surface area contributed by atoms with Crippen LogP contribution in [-0.4, -0.2) is 20.3 Å². The molecule has 2 heterocycles. The molecule has 0 aliphatic rings. The number of carbonyl (C=O) groups is 1. The lowest BCUT2D eigenvalue weighted by atomic mass is 10.1. The van der Waals surface area contributed by atoms with Gasteiger partial charge in [0.1, 0.15) is 12.4 Å². The number of benzene rings is 2. The Balaban J connectivity index is 1.77. The van der Waals surface area contributed by atoms with Crippen LogP contribution in [0.15, 0.2) is 71.7 Å². The average Bonchev–Trinajstić information content (AvgIpc) is 3.01. The van der Waals surface area contributed by atoms with E-state index in [2.05, 4.69) is 10.3 Å². The molecule has 29 heavy (non-hydrogen) atoms. The van der Waals surface area contributed by atoms with E-state index in [0.29, 0.717) is 22.4 Å². The summed E-state index contributed by atoms with van der Waals surface area (Å²) >= 11 is 0. The summed E-state index contributed by atoms with van der Waals surface area (Å²) < 4.78 is 16.1. The van der Waals surface area contributed by atoms with Crippen LogP contribution in [-0.2, 0) is 17.8 Å². The molecule has 0 saturated heterocycles. The number of nitrogens with one attached hydrogen (secondary N) is 1. The van der Waals surface area contributed by atoms with Gasteiger partial charge in [0.2, 0.25) is 5.91 Å². The predicted octanol–water partition coefficient (Wildman–Crippen LogP) is 3.53. The number of fused-ring (bicyclic) bond motifs is 1. The largest absolute Gasteiger partial charge is 0.324 e. The van der Waals surface area contributed by atoms with Crippen molar-refractivity contribution in [2.24, 2.45) is 0 Å². The van der Waals surface area contributed by atoms with Crippen molar-refractivity contribution in [1.82, 2.24) is 14.3 Å². The fourth-order valence-corrected chi connectivity index (χ4v) is 3.27. The van der Waals surface area contributed by atoms with Crippen molar-refractivity contribution in [3.8, 4) is 5.69 Å². The lowest BCUT2D eigenvalue weighted by Gasteiger charge is -2.13. The molecule has 2 aromatic carbocycles. The van der Waals surface area contributed by atoms with Crippen LogP contribution in [0.2, 0.25) is 0 Å². The van der Waals surface area contributed by atoms with Crippen molar-refractivity contribution in [1.29, 1.82) is 0 Å². The maximum absolute atomic E-state index is 13.1. The van der Waals surface area contributed by atoms with Crippen LogP contribution in [0.4, 0.5) is 10.1 Å². The topological polar surface area (TPSA) is 68.9 Å². The van der Waals surface area contributed by atoms with Crippen molar-refractivity contribution in [3.63, 3.8) is 0 Å². The molecular formula is C22H19FN4O2. The molecule has 0 radical (unpaired) electrons. The molecule has 0 atom stereocenters.